The smallest absolute Gasteiger partial charge is 0.309 e. The normalized spacial score (nSPS) is 21.2. The molecule has 0 bridgehead atoms. The number of unbranched alkanes of at least 4 members (excludes halogenated alkanes) is 10. The van der Waals surface area contributed by atoms with Crippen LogP contribution in [0.2, 0.25) is 0 Å². The van der Waals surface area contributed by atoms with E-state index >= 15 is 0 Å². The SMILES string of the molecule is CCCCCCCCC(CCCCCCC)C(=O)OC1CCC2(CCN(CCCCO)CC2)C1. The fourth-order valence-corrected chi connectivity index (χ4v) is 6.21. The molecule has 1 aliphatic carbocycles. The average Bonchev–Trinajstić information content (AvgIpc) is 3.23. The predicted molar refractivity (Wildman–Crippen MR) is 143 cm³/mol. The fraction of sp³-hybridized carbons (Fsp3) is 0.967. The number of rotatable bonds is 19. The summed E-state index contributed by atoms with van der Waals surface area (Å²) in [6.45, 7) is 8.29. The first-order valence-electron chi connectivity index (χ1n) is 15.2. The molecule has 2 aliphatic rings. The van der Waals surface area contributed by atoms with Crippen molar-refractivity contribution >= 4 is 5.97 Å². The largest absolute Gasteiger partial charge is 0.462 e. The van der Waals surface area contributed by atoms with E-state index in [0.717, 1.165) is 45.1 Å². The van der Waals surface area contributed by atoms with Crippen LogP contribution in [0.4, 0.5) is 0 Å². The third-order valence-electron chi connectivity index (χ3n) is 8.63. The van der Waals surface area contributed by atoms with Crippen LogP contribution < -0.4 is 0 Å². The highest BCUT2D eigenvalue weighted by Crippen LogP contribution is 2.47. The maximum Gasteiger partial charge on any atom is 0.309 e. The maximum atomic E-state index is 13.2. The Morgan fingerprint density at radius 3 is 2.03 bits per heavy atom. The monoisotopic (exact) mass is 479 g/mol. The standard InChI is InChI=1S/C30H57NO3/c1-3-5-7-9-11-13-17-27(16-12-10-8-6-4-2)29(33)34-28-18-19-30(26-28)20-23-31(24-21-30)22-14-15-25-32/h27-28,32H,3-26H2,1-2H3. The van der Waals surface area contributed by atoms with Crippen LogP contribution in [0.1, 0.15) is 142 Å². The van der Waals surface area contributed by atoms with Crippen molar-refractivity contribution in [2.45, 2.75) is 148 Å². The topological polar surface area (TPSA) is 49.8 Å². The van der Waals surface area contributed by atoms with Gasteiger partial charge in [-0.15, -0.1) is 0 Å². The van der Waals surface area contributed by atoms with Gasteiger partial charge in [-0.2, -0.15) is 0 Å². The van der Waals surface area contributed by atoms with Crippen LogP contribution in [0.25, 0.3) is 0 Å². The molecule has 2 rings (SSSR count). The van der Waals surface area contributed by atoms with Crippen LogP contribution >= 0.6 is 0 Å². The number of carbonyl (C=O) groups excluding carboxylic acids is 1. The molecule has 34 heavy (non-hydrogen) atoms. The number of aliphatic hydroxyl groups is 1. The van der Waals surface area contributed by atoms with E-state index in [1.165, 1.54) is 103 Å². The van der Waals surface area contributed by atoms with Crippen LogP contribution in [0.3, 0.4) is 0 Å². The molecule has 0 amide bonds. The van der Waals surface area contributed by atoms with Gasteiger partial charge in [0.15, 0.2) is 0 Å². The molecular weight excluding hydrogens is 422 g/mol. The summed E-state index contributed by atoms with van der Waals surface area (Å²) < 4.78 is 6.20. The van der Waals surface area contributed by atoms with Crippen molar-refractivity contribution in [1.82, 2.24) is 4.90 Å². The minimum absolute atomic E-state index is 0.118. The summed E-state index contributed by atoms with van der Waals surface area (Å²) in [5, 5.41) is 9.02. The van der Waals surface area contributed by atoms with Gasteiger partial charge in [0.05, 0.1) is 5.92 Å². The molecule has 2 fully saturated rings. The number of nitrogens with zero attached hydrogens (tertiary/aromatic N) is 1. The molecule has 2 unspecified atom stereocenters. The van der Waals surface area contributed by atoms with Crippen LogP contribution in [0.15, 0.2) is 0 Å². The van der Waals surface area contributed by atoms with Crippen LogP contribution in [-0.2, 0) is 9.53 Å². The maximum absolute atomic E-state index is 13.2. The Balaban J connectivity index is 1.74. The Labute approximate surface area is 211 Å². The molecular formula is C30H57NO3. The Bertz CT molecular complexity index is 515. The summed E-state index contributed by atoms with van der Waals surface area (Å²) >= 11 is 0. The number of likely N-dealkylation sites (tertiary alicyclic amines) is 1. The Morgan fingerprint density at radius 1 is 0.853 bits per heavy atom. The molecule has 0 aromatic carbocycles. The van der Waals surface area contributed by atoms with Crippen molar-refractivity contribution < 1.29 is 14.6 Å². The van der Waals surface area contributed by atoms with E-state index in [-0.39, 0.29) is 18.0 Å². The van der Waals surface area contributed by atoms with Gasteiger partial charge >= 0.3 is 5.97 Å². The number of aliphatic hydroxyl groups excluding tert-OH is 1. The highest BCUT2D eigenvalue weighted by Gasteiger charge is 2.43. The van der Waals surface area contributed by atoms with Crippen LogP contribution in [0.5, 0.6) is 0 Å². The summed E-state index contributed by atoms with van der Waals surface area (Å²) in [5.74, 6) is 0.241. The van der Waals surface area contributed by atoms with Crippen molar-refractivity contribution in [2.24, 2.45) is 11.3 Å². The first-order valence-corrected chi connectivity index (χ1v) is 15.2. The van der Waals surface area contributed by atoms with Crippen molar-refractivity contribution in [2.75, 3.05) is 26.2 Å². The van der Waals surface area contributed by atoms with Crippen molar-refractivity contribution in [3.05, 3.63) is 0 Å². The molecule has 2 atom stereocenters. The minimum Gasteiger partial charge on any atom is -0.462 e. The second kappa shape index (κ2) is 17.8. The van der Waals surface area contributed by atoms with E-state index in [2.05, 4.69) is 18.7 Å². The summed E-state index contributed by atoms with van der Waals surface area (Å²) in [5.41, 5.74) is 0.410. The van der Waals surface area contributed by atoms with Gasteiger partial charge in [0.1, 0.15) is 6.10 Å². The van der Waals surface area contributed by atoms with Gasteiger partial charge in [0, 0.05) is 6.61 Å². The summed E-state index contributed by atoms with van der Waals surface area (Å²) in [6.07, 6.45) is 24.2. The molecule has 1 heterocycles. The first-order chi connectivity index (χ1) is 16.6. The van der Waals surface area contributed by atoms with E-state index in [1.807, 2.05) is 0 Å². The zero-order valence-electron chi connectivity index (χ0n) is 22.8. The lowest BCUT2D eigenvalue weighted by Gasteiger charge is -2.39. The average molecular weight is 480 g/mol. The second-order valence-corrected chi connectivity index (χ2v) is 11.5. The van der Waals surface area contributed by atoms with Gasteiger partial charge in [-0.3, -0.25) is 4.79 Å². The van der Waals surface area contributed by atoms with Gasteiger partial charge in [0.2, 0.25) is 0 Å². The molecule has 1 saturated heterocycles. The Kier molecular flexibility index (Phi) is 15.5. The van der Waals surface area contributed by atoms with Gasteiger partial charge in [-0.1, -0.05) is 84.5 Å². The van der Waals surface area contributed by atoms with E-state index in [0.29, 0.717) is 12.0 Å². The molecule has 4 heteroatoms. The Hall–Kier alpha value is -0.610. The third kappa shape index (κ3) is 11.4. The molecule has 1 aliphatic heterocycles. The molecule has 4 nitrogen and oxygen atoms in total. The number of piperidine rings is 1. The number of ether oxygens (including phenoxy) is 1. The number of hydrogen-bond acceptors (Lipinski definition) is 4. The molecule has 0 aromatic rings. The second-order valence-electron chi connectivity index (χ2n) is 11.5. The molecule has 0 radical (unpaired) electrons. The number of esters is 1. The van der Waals surface area contributed by atoms with Crippen molar-refractivity contribution in [3.63, 3.8) is 0 Å². The highest BCUT2D eigenvalue weighted by atomic mass is 16.5. The van der Waals surface area contributed by atoms with Crippen LogP contribution in [0, 0.1) is 11.3 Å². The molecule has 1 spiro atoms. The predicted octanol–water partition coefficient (Wildman–Crippen LogP) is 7.66. The van der Waals surface area contributed by atoms with E-state index in [4.69, 9.17) is 9.84 Å². The third-order valence-corrected chi connectivity index (χ3v) is 8.63. The number of hydrogen-bond donors (Lipinski definition) is 1. The summed E-state index contributed by atoms with van der Waals surface area (Å²) in [4.78, 5) is 15.8. The Morgan fingerprint density at radius 2 is 1.44 bits per heavy atom. The molecule has 0 aromatic heterocycles. The molecule has 1 saturated carbocycles. The van der Waals surface area contributed by atoms with Gasteiger partial charge in [-0.25, -0.2) is 0 Å². The lowest BCUT2D eigenvalue weighted by atomic mass is 9.77. The quantitative estimate of drug-likeness (QED) is 0.153. The van der Waals surface area contributed by atoms with Crippen LogP contribution in [-0.4, -0.2) is 48.3 Å². The zero-order valence-corrected chi connectivity index (χ0v) is 22.8. The molecule has 1 N–H and O–H groups in total. The lowest BCUT2D eigenvalue weighted by molar-refractivity contribution is -0.154. The van der Waals surface area contributed by atoms with E-state index in [1.54, 1.807) is 0 Å². The number of carbonyl (C=O) groups is 1. The van der Waals surface area contributed by atoms with E-state index in [9.17, 15) is 4.79 Å². The highest BCUT2D eigenvalue weighted by molar-refractivity contribution is 5.72. The van der Waals surface area contributed by atoms with Gasteiger partial charge < -0.3 is 14.7 Å². The lowest BCUT2D eigenvalue weighted by Crippen LogP contribution is -2.39. The van der Waals surface area contributed by atoms with E-state index < -0.39 is 0 Å². The fourth-order valence-electron chi connectivity index (χ4n) is 6.21. The minimum atomic E-state index is 0.118. The summed E-state index contributed by atoms with van der Waals surface area (Å²) in [6, 6.07) is 0. The van der Waals surface area contributed by atoms with Crippen molar-refractivity contribution in [1.29, 1.82) is 0 Å². The van der Waals surface area contributed by atoms with Gasteiger partial charge in [-0.05, 0) is 82.8 Å². The first kappa shape index (κ1) is 29.6. The van der Waals surface area contributed by atoms with Crippen molar-refractivity contribution in [3.8, 4) is 0 Å². The van der Waals surface area contributed by atoms with Gasteiger partial charge in [0.25, 0.3) is 0 Å². The molecule has 200 valence electrons. The summed E-state index contributed by atoms with van der Waals surface area (Å²) in [7, 11) is 0. The zero-order chi connectivity index (χ0) is 24.5.